The molecule has 1 aromatic heterocycles. The molecule has 6 heteroatoms. The van der Waals surface area contributed by atoms with Gasteiger partial charge in [-0.25, -0.2) is 4.99 Å². The van der Waals surface area contributed by atoms with Crippen LogP contribution in [0.4, 0.5) is 0 Å². The zero-order valence-electron chi connectivity index (χ0n) is 10.1. The molecule has 0 aliphatic heterocycles. The van der Waals surface area contributed by atoms with E-state index in [1.165, 1.54) is 6.20 Å². The molecule has 0 aliphatic rings. The molecule has 1 rings (SSSR count). The Labute approximate surface area is 111 Å². The molecule has 0 bridgehead atoms. The maximum atomic E-state index is 5.47. The minimum Gasteiger partial charge on any atom is -0.376 e. The molecule has 0 fully saturated rings. The number of nitrogens with two attached hydrogens (primary N) is 2. The van der Waals surface area contributed by atoms with E-state index in [1.54, 1.807) is 6.20 Å². The van der Waals surface area contributed by atoms with Crippen molar-refractivity contribution in [2.24, 2.45) is 16.5 Å². The zero-order valence-corrected chi connectivity index (χ0v) is 10.9. The van der Waals surface area contributed by atoms with Crippen molar-refractivity contribution in [3.8, 4) is 0 Å². The highest BCUT2D eigenvalue weighted by atomic mass is 32.1. The van der Waals surface area contributed by atoms with Crippen molar-refractivity contribution in [3.05, 3.63) is 47.6 Å². The van der Waals surface area contributed by atoms with E-state index in [1.807, 2.05) is 25.1 Å². The summed E-state index contributed by atoms with van der Waals surface area (Å²) in [5, 5.41) is 2.58. The van der Waals surface area contributed by atoms with Crippen LogP contribution in [-0.4, -0.2) is 16.1 Å². The number of guanidine groups is 1. The first-order valence-electron chi connectivity index (χ1n) is 5.29. The molecule has 94 valence electrons. The summed E-state index contributed by atoms with van der Waals surface area (Å²) in [6.45, 7) is 2.02. The predicted octanol–water partition coefficient (Wildman–Crippen LogP) is 0.749. The first kappa shape index (κ1) is 13.9. The van der Waals surface area contributed by atoms with Crippen LogP contribution >= 0.6 is 12.2 Å². The SMILES string of the molecule is Cc1cccnc1CC=C=CN=C(N)NC(N)=S. The highest BCUT2D eigenvalue weighted by molar-refractivity contribution is 7.80. The van der Waals surface area contributed by atoms with E-state index in [9.17, 15) is 0 Å². The average Bonchev–Trinajstić information content (AvgIpc) is 2.30. The summed E-state index contributed by atoms with van der Waals surface area (Å²) in [5.74, 6) is 0.136. The van der Waals surface area contributed by atoms with E-state index >= 15 is 0 Å². The summed E-state index contributed by atoms with van der Waals surface area (Å²) < 4.78 is 0. The number of nitrogens with one attached hydrogen (secondary N) is 1. The topological polar surface area (TPSA) is 89.3 Å². The molecule has 0 aliphatic carbocycles. The number of hydrogen-bond donors (Lipinski definition) is 3. The second kappa shape index (κ2) is 7.21. The van der Waals surface area contributed by atoms with Gasteiger partial charge in [0, 0.05) is 18.3 Å². The van der Waals surface area contributed by atoms with E-state index < -0.39 is 0 Å². The van der Waals surface area contributed by atoms with Crippen LogP contribution in [-0.2, 0) is 6.42 Å². The number of thiocarbonyl (C=S) groups is 1. The van der Waals surface area contributed by atoms with E-state index in [2.05, 4.69) is 33.2 Å². The number of rotatable bonds is 3. The van der Waals surface area contributed by atoms with Crippen LogP contribution in [0.15, 0.2) is 41.3 Å². The molecule has 5 nitrogen and oxygen atoms in total. The van der Waals surface area contributed by atoms with Crippen LogP contribution in [0, 0.1) is 6.92 Å². The lowest BCUT2D eigenvalue weighted by Gasteiger charge is -1.98. The monoisotopic (exact) mass is 261 g/mol. The molecule has 0 aromatic carbocycles. The maximum Gasteiger partial charge on any atom is 0.200 e. The Morgan fingerprint density at radius 2 is 2.39 bits per heavy atom. The molecule has 1 heterocycles. The molecular formula is C12H15N5S. The number of aliphatic imine (C=N–C) groups is 1. The first-order chi connectivity index (χ1) is 8.59. The molecule has 0 saturated carbocycles. The molecule has 0 radical (unpaired) electrons. The van der Waals surface area contributed by atoms with Crippen molar-refractivity contribution in [2.45, 2.75) is 13.3 Å². The van der Waals surface area contributed by atoms with E-state index in [4.69, 9.17) is 11.5 Å². The fourth-order valence-electron chi connectivity index (χ4n) is 1.21. The van der Waals surface area contributed by atoms with Gasteiger partial charge in [0.2, 0.25) is 0 Å². The third kappa shape index (κ3) is 5.25. The fraction of sp³-hybridized carbons (Fsp3) is 0.167. The lowest BCUT2D eigenvalue weighted by Crippen LogP contribution is -2.39. The summed E-state index contributed by atoms with van der Waals surface area (Å²) >= 11 is 4.61. The van der Waals surface area contributed by atoms with Crippen LogP contribution in [0.2, 0.25) is 0 Å². The first-order valence-corrected chi connectivity index (χ1v) is 5.70. The van der Waals surface area contributed by atoms with Crippen LogP contribution in [0.5, 0.6) is 0 Å². The number of aromatic nitrogens is 1. The molecule has 18 heavy (non-hydrogen) atoms. The van der Waals surface area contributed by atoms with Crippen LogP contribution < -0.4 is 16.8 Å². The van der Waals surface area contributed by atoms with Gasteiger partial charge in [-0.2, -0.15) is 0 Å². The van der Waals surface area contributed by atoms with Crippen molar-refractivity contribution in [3.63, 3.8) is 0 Å². The summed E-state index contributed by atoms with van der Waals surface area (Å²) in [6, 6.07) is 3.92. The molecular weight excluding hydrogens is 246 g/mol. The Kier molecular flexibility index (Phi) is 5.57. The van der Waals surface area contributed by atoms with Crippen LogP contribution in [0.25, 0.3) is 0 Å². The van der Waals surface area contributed by atoms with Crippen LogP contribution in [0.1, 0.15) is 11.3 Å². The fourth-order valence-corrected chi connectivity index (χ4v) is 1.31. The normalized spacial score (nSPS) is 10.4. The van der Waals surface area contributed by atoms with E-state index in [0.29, 0.717) is 6.42 Å². The van der Waals surface area contributed by atoms with Crippen molar-refractivity contribution in [1.29, 1.82) is 0 Å². The van der Waals surface area contributed by atoms with Crippen molar-refractivity contribution >= 4 is 23.3 Å². The van der Waals surface area contributed by atoms with Gasteiger partial charge in [-0.1, -0.05) is 6.07 Å². The summed E-state index contributed by atoms with van der Waals surface area (Å²) in [5.41, 5.74) is 15.7. The largest absolute Gasteiger partial charge is 0.376 e. The quantitative estimate of drug-likeness (QED) is 0.323. The highest BCUT2D eigenvalue weighted by Crippen LogP contribution is 2.03. The summed E-state index contributed by atoms with van der Waals surface area (Å²) in [4.78, 5) is 8.10. The third-order valence-corrected chi connectivity index (χ3v) is 2.16. The maximum absolute atomic E-state index is 5.47. The van der Waals surface area contributed by atoms with Crippen molar-refractivity contribution in [2.75, 3.05) is 0 Å². The Morgan fingerprint density at radius 3 is 3.06 bits per heavy atom. The molecule has 1 aromatic rings. The molecule has 0 amide bonds. The minimum atomic E-state index is 0.0812. The molecule has 0 spiro atoms. The van der Waals surface area contributed by atoms with Gasteiger partial charge in [-0.05, 0) is 36.8 Å². The van der Waals surface area contributed by atoms with E-state index in [-0.39, 0.29) is 11.1 Å². The van der Waals surface area contributed by atoms with Crippen molar-refractivity contribution < 1.29 is 0 Å². The molecule has 0 saturated heterocycles. The lowest BCUT2D eigenvalue weighted by molar-refractivity contribution is 1.07. The number of pyridine rings is 1. The van der Waals surface area contributed by atoms with Gasteiger partial charge in [-0.15, -0.1) is 5.73 Å². The third-order valence-electron chi connectivity index (χ3n) is 2.06. The standard InChI is InChI=1S/C12H15N5S/c1-9-5-4-8-15-10(9)6-2-3-7-16-11(13)17-12(14)18/h2,4-5,7-8H,6H2,1H3,(H5,13,14,16,17,18). The van der Waals surface area contributed by atoms with Crippen molar-refractivity contribution in [1.82, 2.24) is 10.3 Å². The minimum absolute atomic E-state index is 0.0812. The Morgan fingerprint density at radius 1 is 1.61 bits per heavy atom. The van der Waals surface area contributed by atoms with Gasteiger partial charge in [0.1, 0.15) is 0 Å². The van der Waals surface area contributed by atoms with Gasteiger partial charge < -0.3 is 16.8 Å². The smallest absolute Gasteiger partial charge is 0.200 e. The molecule has 0 unspecified atom stereocenters. The summed E-state index contributed by atoms with van der Waals surface area (Å²) in [7, 11) is 0. The Hall–Kier alpha value is -2.17. The average molecular weight is 261 g/mol. The van der Waals surface area contributed by atoms with Gasteiger partial charge >= 0.3 is 0 Å². The molecule has 0 atom stereocenters. The second-order valence-electron chi connectivity index (χ2n) is 3.47. The predicted molar refractivity (Wildman–Crippen MR) is 76.9 cm³/mol. The van der Waals surface area contributed by atoms with Gasteiger partial charge in [0.15, 0.2) is 11.1 Å². The number of allylic oxidation sites excluding steroid dienone is 1. The summed E-state index contributed by atoms with van der Waals surface area (Å²) in [6.07, 6.45) is 5.73. The van der Waals surface area contributed by atoms with Gasteiger partial charge in [0.05, 0.1) is 6.20 Å². The number of aryl methyl sites for hydroxylation is 1. The number of nitrogens with zero attached hydrogens (tertiary/aromatic N) is 2. The zero-order chi connectivity index (χ0) is 13.4. The van der Waals surface area contributed by atoms with Crippen LogP contribution in [0.3, 0.4) is 0 Å². The Balaban J connectivity index is 2.55. The van der Waals surface area contributed by atoms with Gasteiger partial charge in [-0.3, -0.25) is 4.98 Å². The second-order valence-corrected chi connectivity index (χ2v) is 3.91. The Bertz CT molecular complexity index is 515. The lowest BCUT2D eigenvalue weighted by atomic mass is 10.2. The highest BCUT2D eigenvalue weighted by Gasteiger charge is 1.94. The van der Waals surface area contributed by atoms with Gasteiger partial charge in [0.25, 0.3) is 0 Å². The molecule has 5 N–H and O–H groups in total. The van der Waals surface area contributed by atoms with E-state index in [0.717, 1.165) is 11.3 Å². The number of hydrogen-bond acceptors (Lipinski definition) is 3.